The zero-order valence-electron chi connectivity index (χ0n) is 13.2. The second kappa shape index (κ2) is 5.91. The minimum absolute atomic E-state index is 0.347. The molecule has 0 unspecified atom stereocenters. The summed E-state index contributed by atoms with van der Waals surface area (Å²) in [6.45, 7) is 1.97. The third kappa shape index (κ3) is 3.28. The molecule has 0 aromatic heterocycles. The van der Waals surface area contributed by atoms with E-state index in [-0.39, 0.29) is 0 Å². The number of amides is 1. The van der Waals surface area contributed by atoms with Gasteiger partial charge in [0, 0.05) is 31.1 Å². The van der Waals surface area contributed by atoms with Crippen LogP contribution in [0.1, 0.15) is 64.2 Å². The van der Waals surface area contributed by atoms with Gasteiger partial charge in [-0.2, -0.15) is 0 Å². The maximum absolute atomic E-state index is 12.6. The fourth-order valence-electron chi connectivity index (χ4n) is 4.54. The molecule has 3 heteroatoms. The van der Waals surface area contributed by atoms with Crippen LogP contribution in [0.2, 0.25) is 0 Å². The van der Waals surface area contributed by atoms with Gasteiger partial charge in [-0.3, -0.25) is 4.79 Å². The zero-order chi connectivity index (χ0) is 14.2. The van der Waals surface area contributed by atoms with E-state index in [0.29, 0.717) is 17.9 Å². The number of carbonyl (C=O) groups is 1. The van der Waals surface area contributed by atoms with Crippen LogP contribution in [0, 0.1) is 17.8 Å². The molecule has 1 amide bonds. The molecule has 0 radical (unpaired) electrons. The van der Waals surface area contributed by atoms with E-state index in [4.69, 9.17) is 0 Å². The molecule has 1 saturated heterocycles. The average Bonchev–Trinajstić information content (AvgIpc) is 3.45. The van der Waals surface area contributed by atoms with Crippen LogP contribution in [0.25, 0.3) is 0 Å². The largest absolute Gasteiger partial charge is 0.341 e. The van der Waals surface area contributed by atoms with Crippen LogP contribution < -0.4 is 5.32 Å². The Bertz CT molecular complexity index is 371. The van der Waals surface area contributed by atoms with Crippen molar-refractivity contribution in [3.05, 3.63) is 0 Å². The molecule has 118 valence electrons. The van der Waals surface area contributed by atoms with Crippen molar-refractivity contribution >= 4 is 5.91 Å². The molecule has 3 nitrogen and oxygen atoms in total. The highest BCUT2D eigenvalue weighted by atomic mass is 16.2. The van der Waals surface area contributed by atoms with E-state index in [1.807, 2.05) is 0 Å². The van der Waals surface area contributed by atoms with Crippen molar-refractivity contribution < 1.29 is 4.79 Å². The second-order valence-electron chi connectivity index (χ2n) is 7.97. The summed E-state index contributed by atoms with van der Waals surface area (Å²) in [7, 11) is 0. The van der Waals surface area contributed by atoms with Gasteiger partial charge in [-0.25, -0.2) is 0 Å². The summed E-state index contributed by atoms with van der Waals surface area (Å²) in [4.78, 5) is 14.8. The summed E-state index contributed by atoms with van der Waals surface area (Å²) in [6.07, 6.45) is 13.1. The molecule has 3 aliphatic carbocycles. The molecule has 1 atom stereocenters. The van der Waals surface area contributed by atoms with Crippen LogP contribution in [0.15, 0.2) is 0 Å². The van der Waals surface area contributed by atoms with Crippen LogP contribution in [-0.2, 0) is 4.79 Å². The standard InChI is InChI=1S/C18H30N2O/c21-18(15-4-2-1-3-5-15)20-11-10-16(12-20)19-17(13-6-7-13)14-8-9-14/h13-17,19H,1-12H2/t16-/m0/s1. The quantitative estimate of drug-likeness (QED) is 0.844. The topological polar surface area (TPSA) is 32.3 Å². The van der Waals surface area contributed by atoms with Crippen LogP contribution in [0.5, 0.6) is 0 Å². The molecule has 0 spiro atoms. The highest BCUT2D eigenvalue weighted by molar-refractivity contribution is 5.79. The van der Waals surface area contributed by atoms with Crippen LogP contribution in [0.3, 0.4) is 0 Å². The lowest BCUT2D eigenvalue weighted by atomic mass is 9.88. The Hall–Kier alpha value is -0.570. The van der Waals surface area contributed by atoms with Crippen LogP contribution >= 0.6 is 0 Å². The Labute approximate surface area is 128 Å². The van der Waals surface area contributed by atoms with E-state index in [1.54, 1.807) is 0 Å². The van der Waals surface area contributed by atoms with E-state index in [0.717, 1.165) is 43.8 Å². The molecule has 0 bridgehead atoms. The molecule has 4 rings (SSSR count). The summed E-state index contributed by atoms with van der Waals surface area (Å²) in [5.74, 6) is 2.73. The Morgan fingerprint density at radius 3 is 2.19 bits per heavy atom. The molecule has 3 saturated carbocycles. The highest BCUT2D eigenvalue weighted by Crippen LogP contribution is 2.45. The van der Waals surface area contributed by atoms with Crippen molar-refractivity contribution in [1.82, 2.24) is 10.2 Å². The average molecular weight is 290 g/mol. The van der Waals surface area contributed by atoms with Crippen LogP contribution in [0.4, 0.5) is 0 Å². The number of hydrogen-bond donors (Lipinski definition) is 1. The van der Waals surface area contributed by atoms with Gasteiger partial charge in [0.25, 0.3) is 0 Å². The summed E-state index contributed by atoms with van der Waals surface area (Å²) in [5.41, 5.74) is 0. The number of hydrogen-bond acceptors (Lipinski definition) is 2. The first-order chi connectivity index (χ1) is 10.3. The van der Waals surface area contributed by atoms with Gasteiger partial charge in [-0.1, -0.05) is 19.3 Å². The summed E-state index contributed by atoms with van der Waals surface area (Å²) in [6, 6.07) is 1.35. The Kier molecular flexibility index (Phi) is 3.95. The Morgan fingerprint density at radius 1 is 0.905 bits per heavy atom. The molecular weight excluding hydrogens is 260 g/mol. The SMILES string of the molecule is O=C(C1CCCCC1)N1CC[C@H](NC(C2CC2)C2CC2)C1. The van der Waals surface area contributed by atoms with Gasteiger partial charge in [0.15, 0.2) is 0 Å². The number of nitrogens with zero attached hydrogens (tertiary/aromatic N) is 1. The Morgan fingerprint density at radius 2 is 1.57 bits per heavy atom. The van der Waals surface area contributed by atoms with E-state index < -0.39 is 0 Å². The lowest BCUT2D eigenvalue weighted by Crippen LogP contribution is -2.44. The van der Waals surface area contributed by atoms with Crippen molar-refractivity contribution in [1.29, 1.82) is 0 Å². The number of rotatable bonds is 5. The van der Waals surface area contributed by atoms with E-state index in [1.165, 1.54) is 51.4 Å². The van der Waals surface area contributed by atoms with Gasteiger partial charge >= 0.3 is 0 Å². The molecule has 21 heavy (non-hydrogen) atoms. The van der Waals surface area contributed by atoms with Crippen molar-refractivity contribution in [2.24, 2.45) is 17.8 Å². The zero-order valence-corrected chi connectivity index (χ0v) is 13.2. The summed E-state index contributed by atoms with van der Waals surface area (Å²) >= 11 is 0. The third-order valence-electron chi connectivity index (χ3n) is 6.14. The molecule has 4 fully saturated rings. The molecule has 1 aliphatic heterocycles. The molecular formula is C18H30N2O. The minimum Gasteiger partial charge on any atom is -0.341 e. The smallest absolute Gasteiger partial charge is 0.225 e. The monoisotopic (exact) mass is 290 g/mol. The highest BCUT2D eigenvalue weighted by Gasteiger charge is 2.43. The van der Waals surface area contributed by atoms with Gasteiger partial charge in [0.05, 0.1) is 0 Å². The summed E-state index contributed by atoms with van der Waals surface area (Å²) in [5, 5.41) is 3.93. The van der Waals surface area contributed by atoms with Gasteiger partial charge < -0.3 is 10.2 Å². The fraction of sp³-hybridized carbons (Fsp3) is 0.944. The first-order valence-corrected chi connectivity index (χ1v) is 9.36. The van der Waals surface area contributed by atoms with E-state index in [9.17, 15) is 4.79 Å². The van der Waals surface area contributed by atoms with Gasteiger partial charge in [0.2, 0.25) is 5.91 Å². The lowest BCUT2D eigenvalue weighted by molar-refractivity contribution is -0.135. The molecule has 1 N–H and O–H groups in total. The third-order valence-corrected chi connectivity index (χ3v) is 6.14. The fourth-order valence-corrected chi connectivity index (χ4v) is 4.54. The predicted molar refractivity (Wildman–Crippen MR) is 83.9 cm³/mol. The molecule has 1 heterocycles. The van der Waals surface area contributed by atoms with E-state index in [2.05, 4.69) is 10.2 Å². The minimum atomic E-state index is 0.347. The maximum Gasteiger partial charge on any atom is 0.225 e. The first kappa shape index (κ1) is 14.0. The van der Waals surface area contributed by atoms with Crippen molar-refractivity contribution in [2.45, 2.75) is 76.3 Å². The Balaban J connectivity index is 1.28. The van der Waals surface area contributed by atoms with Gasteiger partial charge in [-0.15, -0.1) is 0 Å². The number of carbonyl (C=O) groups excluding carboxylic acids is 1. The van der Waals surface area contributed by atoms with Crippen molar-refractivity contribution in [2.75, 3.05) is 13.1 Å². The summed E-state index contributed by atoms with van der Waals surface area (Å²) < 4.78 is 0. The molecule has 0 aromatic carbocycles. The number of nitrogens with one attached hydrogen (secondary N) is 1. The van der Waals surface area contributed by atoms with E-state index >= 15 is 0 Å². The van der Waals surface area contributed by atoms with Crippen LogP contribution in [-0.4, -0.2) is 36.0 Å². The normalized spacial score (nSPS) is 31.1. The number of likely N-dealkylation sites (tertiary alicyclic amines) is 1. The van der Waals surface area contributed by atoms with Crippen molar-refractivity contribution in [3.8, 4) is 0 Å². The predicted octanol–water partition coefficient (Wildman–Crippen LogP) is 2.95. The van der Waals surface area contributed by atoms with Gasteiger partial charge in [-0.05, 0) is 56.8 Å². The first-order valence-electron chi connectivity index (χ1n) is 9.36. The van der Waals surface area contributed by atoms with Crippen molar-refractivity contribution in [3.63, 3.8) is 0 Å². The lowest BCUT2D eigenvalue weighted by Gasteiger charge is -2.27. The maximum atomic E-state index is 12.6. The van der Waals surface area contributed by atoms with Gasteiger partial charge in [0.1, 0.15) is 0 Å². The second-order valence-corrected chi connectivity index (χ2v) is 7.97. The molecule has 4 aliphatic rings. The molecule has 0 aromatic rings.